The first kappa shape index (κ1) is 19.5. The van der Waals surface area contributed by atoms with Crippen molar-refractivity contribution in [3.8, 4) is 16.9 Å². The van der Waals surface area contributed by atoms with Gasteiger partial charge in [0.1, 0.15) is 12.4 Å². The molecule has 6 heteroatoms. The lowest BCUT2D eigenvalue weighted by Gasteiger charge is -2.19. The Morgan fingerprint density at radius 1 is 0.933 bits per heavy atom. The number of amides is 1. The molecule has 0 fully saturated rings. The predicted molar refractivity (Wildman–Crippen MR) is 111 cm³/mol. The zero-order valence-electron chi connectivity index (χ0n) is 16.4. The van der Waals surface area contributed by atoms with Crippen LogP contribution in [0.3, 0.4) is 0 Å². The first-order chi connectivity index (χ1) is 14.6. The van der Waals surface area contributed by atoms with Crippen molar-refractivity contribution in [2.45, 2.75) is 12.0 Å². The van der Waals surface area contributed by atoms with E-state index >= 15 is 0 Å². The summed E-state index contributed by atoms with van der Waals surface area (Å²) in [5.41, 5.74) is 4.97. The van der Waals surface area contributed by atoms with Crippen LogP contribution in [0.15, 0.2) is 72.8 Å². The summed E-state index contributed by atoms with van der Waals surface area (Å²) in [5.74, 6) is -0.647. The number of phenolic OH excluding ortho intramolecular Hbond substituents is 1. The number of esters is 1. The van der Waals surface area contributed by atoms with Gasteiger partial charge in [0.2, 0.25) is 0 Å². The van der Waals surface area contributed by atoms with E-state index in [2.05, 4.69) is 17.4 Å². The lowest BCUT2D eigenvalue weighted by Crippen LogP contribution is -2.35. The number of hydrogen-bond donors (Lipinski definition) is 2. The fourth-order valence-corrected chi connectivity index (χ4v) is 3.82. The molecule has 0 saturated heterocycles. The highest BCUT2D eigenvalue weighted by molar-refractivity contribution is 5.83. The number of carbonyl (C=O) groups is 2. The minimum Gasteiger partial charge on any atom is -0.508 e. The molecule has 0 aliphatic heterocycles. The molecule has 1 aliphatic rings. The highest BCUT2D eigenvalue weighted by Gasteiger charge is 2.30. The maximum Gasteiger partial charge on any atom is 0.408 e. The van der Waals surface area contributed by atoms with Crippen LogP contribution in [0.4, 0.5) is 4.79 Å². The number of carbonyl (C=O) groups excluding carboxylic acids is 2. The van der Waals surface area contributed by atoms with Gasteiger partial charge in [0.15, 0.2) is 6.04 Å². The fourth-order valence-electron chi connectivity index (χ4n) is 3.82. The number of ether oxygens (including phenoxy) is 2. The van der Waals surface area contributed by atoms with E-state index in [0.717, 1.165) is 22.3 Å². The van der Waals surface area contributed by atoms with Crippen LogP contribution in [-0.4, -0.2) is 30.9 Å². The Hall–Kier alpha value is -3.80. The Morgan fingerprint density at radius 3 is 2.07 bits per heavy atom. The van der Waals surface area contributed by atoms with Crippen molar-refractivity contribution in [1.29, 1.82) is 0 Å². The van der Waals surface area contributed by atoms with Gasteiger partial charge < -0.3 is 19.9 Å². The lowest BCUT2D eigenvalue weighted by molar-refractivity contribution is -0.143. The van der Waals surface area contributed by atoms with E-state index in [-0.39, 0.29) is 18.3 Å². The second-order valence-electron chi connectivity index (χ2n) is 7.02. The number of rotatable bonds is 5. The van der Waals surface area contributed by atoms with Crippen LogP contribution in [0, 0.1) is 0 Å². The number of benzene rings is 3. The van der Waals surface area contributed by atoms with Gasteiger partial charge in [0.05, 0.1) is 7.11 Å². The summed E-state index contributed by atoms with van der Waals surface area (Å²) < 4.78 is 10.3. The quantitative estimate of drug-likeness (QED) is 0.626. The second-order valence-corrected chi connectivity index (χ2v) is 7.02. The number of hydrogen-bond acceptors (Lipinski definition) is 5. The van der Waals surface area contributed by atoms with E-state index in [1.165, 1.54) is 19.2 Å². The zero-order valence-corrected chi connectivity index (χ0v) is 16.4. The number of aromatic hydroxyl groups is 1. The molecule has 30 heavy (non-hydrogen) atoms. The highest BCUT2D eigenvalue weighted by Crippen LogP contribution is 2.44. The van der Waals surface area contributed by atoms with Crippen LogP contribution in [0.1, 0.15) is 28.7 Å². The molecular formula is C24H21NO5. The molecule has 0 heterocycles. The summed E-state index contributed by atoms with van der Waals surface area (Å²) in [6.07, 6.45) is -0.722. The number of nitrogens with one attached hydrogen (secondary N) is 1. The van der Waals surface area contributed by atoms with Crippen molar-refractivity contribution in [3.63, 3.8) is 0 Å². The summed E-state index contributed by atoms with van der Waals surface area (Å²) >= 11 is 0. The summed E-state index contributed by atoms with van der Waals surface area (Å²) in [5, 5.41) is 12.0. The standard InChI is InChI=1S/C24H21NO5/c1-29-23(27)22(15-10-12-16(26)13-11-15)25-24(28)30-14-21-19-8-4-2-6-17(19)18-7-3-5-9-20(18)21/h2-13,21-22,26H,14H2,1H3,(H,25,28)/t22-/m1/s1. The minimum atomic E-state index is -1.04. The molecular weight excluding hydrogens is 382 g/mol. The average molecular weight is 403 g/mol. The van der Waals surface area contributed by atoms with Crippen molar-refractivity contribution in [1.82, 2.24) is 5.32 Å². The monoisotopic (exact) mass is 403 g/mol. The molecule has 3 aromatic carbocycles. The third kappa shape index (κ3) is 3.72. The maximum absolute atomic E-state index is 12.5. The van der Waals surface area contributed by atoms with E-state index in [0.29, 0.717) is 5.56 Å². The van der Waals surface area contributed by atoms with Gasteiger partial charge in [-0.25, -0.2) is 9.59 Å². The molecule has 0 bridgehead atoms. The van der Waals surface area contributed by atoms with E-state index in [1.54, 1.807) is 12.1 Å². The Bertz CT molecular complexity index is 1030. The summed E-state index contributed by atoms with van der Waals surface area (Å²) in [4.78, 5) is 24.7. The van der Waals surface area contributed by atoms with Gasteiger partial charge in [-0.05, 0) is 39.9 Å². The van der Waals surface area contributed by atoms with Gasteiger partial charge in [0, 0.05) is 5.92 Å². The molecule has 0 saturated carbocycles. The molecule has 1 atom stereocenters. The Morgan fingerprint density at radius 2 is 1.50 bits per heavy atom. The largest absolute Gasteiger partial charge is 0.508 e. The molecule has 2 N–H and O–H groups in total. The van der Waals surface area contributed by atoms with Crippen LogP contribution in [-0.2, 0) is 14.3 Å². The molecule has 1 amide bonds. The van der Waals surface area contributed by atoms with Gasteiger partial charge in [-0.2, -0.15) is 0 Å². The Kier molecular flexibility index (Phi) is 5.39. The van der Waals surface area contributed by atoms with E-state index in [1.807, 2.05) is 36.4 Å². The zero-order chi connectivity index (χ0) is 21.1. The van der Waals surface area contributed by atoms with Crippen molar-refractivity contribution in [2.24, 2.45) is 0 Å². The third-order valence-corrected chi connectivity index (χ3v) is 5.27. The molecule has 3 aromatic rings. The molecule has 4 rings (SSSR count). The number of phenols is 1. The van der Waals surface area contributed by atoms with Gasteiger partial charge >= 0.3 is 12.1 Å². The van der Waals surface area contributed by atoms with Crippen LogP contribution < -0.4 is 5.32 Å². The Balaban J connectivity index is 1.49. The molecule has 0 radical (unpaired) electrons. The van der Waals surface area contributed by atoms with E-state index in [4.69, 9.17) is 9.47 Å². The molecule has 0 aromatic heterocycles. The maximum atomic E-state index is 12.5. The van der Waals surface area contributed by atoms with Gasteiger partial charge in [-0.1, -0.05) is 60.7 Å². The number of fused-ring (bicyclic) bond motifs is 3. The average Bonchev–Trinajstić information content (AvgIpc) is 3.10. The topological polar surface area (TPSA) is 84.9 Å². The van der Waals surface area contributed by atoms with Gasteiger partial charge in [-0.15, -0.1) is 0 Å². The second kappa shape index (κ2) is 8.29. The summed E-state index contributed by atoms with van der Waals surface area (Å²) in [6.45, 7) is 0.142. The molecule has 1 aliphatic carbocycles. The lowest BCUT2D eigenvalue weighted by atomic mass is 9.98. The van der Waals surface area contributed by atoms with Crippen LogP contribution in [0.25, 0.3) is 11.1 Å². The molecule has 6 nitrogen and oxygen atoms in total. The van der Waals surface area contributed by atoms with Gasteiger partial charge in [0.25, 0.3) is 0 Å². The third-order valence-electron chi connectivity index (χ3n) is 5.27. The summed E-state index contributed by atoms with van der Waals surface area (Å²) in [6, 6.07) is 21.0. The summed E-state index contributed by atoms with van der Waals surface area (Å²) in [7, 11) is 1.25. The molecule has 0 spiro atoms. The van der Waals surface area contributed by atoms with E-state index in [9.17, 15) is 14.7 Å². The van der Waals surface area contributed by atoms with Crippen molar-refractivity contribution >= 4 is 12.1 Å². The number of methoxy groups -OCH3 is 1. The van der Waals surface area contributed by atoms with Crippen LogP contribution >= 0.6 is 0 Å². The van der Waals surface area contributed by atoms with Crippen molar-refractivity contribution < 1.29 is 24.2 Å². The van der Waals surface area contributed by atoms with Crippen molar-refractivity contribution in [2.75, 3.05) is 13.7 Å². The van der Waals surface area contributed by atoms with Crippen molar-refractivity contribution in [3.05, 3.63) is 89.5 Å². The van der Waals surface area contributed by atoms with Crippen LogP contribution in [0.2, 0.25) is 0 Å². The Labute approximate surface area is 174 Å². The smallest absolute Gasteiger partial charge is 0.408 e. The minimum absolute atomic E-state index is 0.0588. The first-order valence-corrected chi connectivity index (χ1v) is 9.56. The molecule has 152 valence electrons. The normalized spacial score (nSPS) is 13.1. The highest BCUT2D eigenvalue weighted by atomic mass is 16.6. The molecule has 0 unspecified atom stereocenters. The SMILES string of the molecule is COC(=O)[C@H](NC(=O)OCC1c2ccccc2-c2ccccc21)c1ccc(O)cc1. The number of alkyl carbamates (subject to hydrolysis) is 1. The van der Waals surface area contributed by atoms with Crippen LogP contribution in [0.5, 0.6) is 5.75 Å². The van der Waals surface area contributed by atoms with Gasteiger partial charge in [-0.3, -0.25) is 0 Å². The predicted octanol–water partition coefficient (Wildman–Crippen LogP) is 4.15. The van der Waals surface area contributed by atoms with E-state index < -0.39 is 18.1 Å². The first-order valence-electron chi connectivity index (χ1n) is 9.56. The fraction of sp³-hybridized carbons (Fsp3) is 0.167.